The number of likely N-dealkylation sites (tertiary alicyclic amines) is 1. The molecule has 2 fully saturated rings. The lowest BCUT2D eigenvalue weighted by Gasteiger charge is -2.30. The standard InChI is InChI=1S/C20H27ClN2O4/c1-22(20(26)27)18-11-23(10-17(18)14-6-8-16(21)9-7-14)19(25)15-4-2-13(12-24)3-5-15/h6-9,13,15,17-18,24H,2-5,10-12H2,1H3,(H,26,27)/t13?,15?,17-,18+/m0/s1. The summed E-state index contributed by atoms with van der Waals surface area (Å²) in [6.45, 7) is 1.12. The van der Waals surface area contributed by atoms with Crippen LogP contribution in [0.1, 0.15) is 37.2 Å². The predicted octanol–water partition coefficient (Wildman–Crippen LogP) is 3.04. The summed E-state index contributed by atoms with van der Waals surface area (Å²) in [4.78, 5) is 27.7. The monoisotopic (exact) mass is 394 g/mol. The molecule has 27 heavy (non-hydrogen) atoms. The molecule has 2 atom stereocenters. The van der Waals surface area contributed by atoms with Crippen molar-refractivity contribution in [3.8, 4) is 0 Å². The summed E-state index contributed by atoms with van der Waals surface area (Å²) in [6, 6.07) is 7.15. The molecule has 2 N–H and O–H groups in total. The van der Waals surface area contributed by atoms with Gasteiger partial charge in [0.05, 0.1) is 6.04 Å². The summed E-state index contributed by atoms with van der Waals surface area (Å²) in [7, 11) is 1.57. The molecule has 0 bridgehead atoms. The number of carboxylic acid groups (broad SMARTS) is 1. The fourth-order valence-electron chi connectivity index (χ4n) is 4.39. The van der Waals surface area contributed by atoms with Crippen molar-refractivity contribution < 1.29 is 19.8 Å². The number of rotatable bonds is 4. The van der Waals surface area contributed by atoms with Crippen LogP contribution in [0.25, 0.3) is 0 Å². The number of likely N-dealkylation sites (N-methyl/N-ethyl adjacent to an activating group) is 1. The van der Waals surface area contributed by atoms with E-state index in [4.69, 9.17) is 11.6 Å². The molecular formula is C20H27ClN2O4. The predicted molar refractivity (Wildman–Crippen MR) is 103 cm³/mol. The highest BCUT2D eigenvalue weighted by molar-refractivity contribution is 6.30. The molecule has 1 aliphatic carbocycles. The van der Waals surface area contributed by atoms with Crippen molar-refractivity contribution in [2.75, 3.05) is 26.7 Å². The highest BCUT2D eigenvalue weighted by atomic mass is 35.5. The van der Waals surface area contributed by atoms with Gasteiger partial charge in [-0.3, -0.25) is 4.79 Å². The van der Waals surface area contributed by atoms with Gasteiger partial charge in [-0.15, -0.1) is 0 Å². The van der Waals surface area contributed by atoms with Gasteiger partial charge in [0, 0.05) is 43.6 Å². The molecule has 1 saturated carbocycles. The Kier molecular flexibility index (Phi) is 6.27. The number of hydrogen-bond acceptors (Lipinski definition) is 3. The summed E-state index contributed by atoms with van der Waals surface area (Å²) in [5, 5.41) is 19.4. The van der Waals surface area contributed by atoms with Crippen molar-refractivity contribution >= 4 is 23.6 Å². The molecule has 1 aromatic rings. The Morgan fingerprint density at radius 2 is 1.78 bits per heavy atom. The fraction of sp³-hybridized carbons (Fsp3) is 0.600. The lowest BCUT2D eigenvalue weighted by atomic mass is 9.82. The van der Waals surface area contributed by atoms with E-state index in [9.17, 15) is 19.8 Å². The van der Waals surface area contributed by atoms with Crippen molar-refractivity contribution in [2.45, 2.75) is 37.6 Å². The van der Waals surface area contributed by atoms with E-state index in [0.717, 1.165) is 31.2 Å². The second-order valence-electron chi connectivity index (χ2n) is 7.76. The van der Waals surface area contributed by atoms with Crippen LogP contribution in [0.15, 0.2) is 24.3 Å². The van der Waals surface area contributed by atoms with Crippen molar-refractivity contribution in [1.29, 1.82) is 0 Å². The van der Waals surface area contributed by atoms with Gasteiger partial charge in [0.1, 0.15) is 0 Å². The summed E-state index contributed by atoms with van der Waals surface area (Å²) in [5.41, 5.74) is 0.997. The smallest absolute Gasteiger partial charge is 0.407 e. The van der Waals surface area contributed by atoms with Crippen LogP contribution in [0.5, 0.6) is 0 Å². The molecule has 148 valence electrons. The fourth-order valence-corrected chi connectivity index (χ4v) is 4.51. The number of aliphatic hydroxyl groups is 1. The van der Waals surface area contributed by atoms with Gasteiger partial charge in [-0.25, -0.2) is 4.79 Å². The lowest BCUT2D eigenvalue weighted by Crippen LogP contribution is -2.42. The van der Waals surface area contributed by atoms with Crippen LogP contribution in [0, 0.1) is 11.8 Å². The van der Waals surface area contributed by atoms with Crippen molar-refractivity contribution in [2.24, 2.45) is 11.8 Å². The number of halogens is 1. The first kappa shape index (κ1) is 20.0. The summed E-state index contributed by atoms with van der Waals surface area (Å²) in [5.74, 6) is 0.334. The number of carbonyl (C=O) groups is 2. The zero-order chi connectivity index (χ0) is 19.6. The maximum absolute atomic E-state index is 13.0. The van der Waals surface area contributed by atoms with E-state index in [-0.39, 0.29) is 30.4 Å². The molecule has 0 unspecified atom stereocenters. The quantitative estimate of drug-likeness (QED) is 0.822. The molecule has 1 aliphatic heterocycles. The Morgan fingerprint density at radius 3 is 2.33 bits per heavy atom. The average molecular weight is 395 g/mol. The summed E-state index contributed by atoms with van der Waals surface area (Å²) in [6.07, 6.45) is 2.35. The first-order valence-electron chi connectivity index (χ1n) is 9.51. The van der Waals surface area contributed by atoms with Gasteiger partial charge >= 0.3 is 6.09 Å². The molecule has 1 heterocycles. The van der Waals surface area contributed by atoms with Crippen LogP contribution < -0.4 is 0 Å². The number of aliphatic hydroxyl groups excluding tert-OH is 1. The van der Waals surface area contributed by atoms with E-state index in [2.05, 4.69) is 0 Å². The second kappa shape index (κ2) is 8.48. The van der Waals surface area contributed by atoms with Gasteiger partial charge in [0.25, 0.3) is 0 Å². The maximum atomic E-state index is 13.0. The van der Waals surface area contributed by atoms with Gasteiger partial charge in [-0.1, -0.05) is 23.7 Å². The zero-order valence-corrected chi connectivity index (χ0v) is 16.3. The van der Waals surface area contributed by atoms with Crippen LogP contribution in [0.4, 0.5) is 4.79 Å². The van der Waals surface area contributed by atoms with Crippen LogP contribution in [0.2, 0.25) is 5.02 Å². The van der Waals surface area contributed by atoms with Crippen molar-refractivity contribution in [3.05, 3.63) is 34.9 Å². The van der Waals surface area contributed by atoms with E-state index in [1.54, 1.807) is 19.2 Å². The Bertz CT molecular complexity index is 673. The number of benzene rings is 1. The highest BCUT2D eigenvalue weighted by Crippen LogP contribution is 2.35. The number of amides is 2. The number of hydrogen-bond donors (Lipinski definition) is 2. The molecule has 6 nitrogen and oxygen atoms in total. The Labute approximate surface area is 164 Å². The lowest BCUT2D eigenvalue weighted by molar-refractivity contribution is -0.136. The molecule has 2 aliphatic rings. The number of nitrogens with zero attached hydrogens (tertiary/aromatic N) is 2. The van der Waals surface area contributed by atoms with Crippen LogP contribution in [-0.2, 0) is 4.79 Å². The summed E-state index contributed by atoms with van der Waals surface area (Å²) >= 11 is 5.99. The van der Waals surface area contributed by atoms with Crippen LogP contribution in [0.3, 0.4) is 0 Å². The Hall–Kier alpha value is -1.79. The van der Waals surface area contributed by atoms with E-state index < -0.39 is 6.09 Å². The van der Waals surface area contributed by atoms with Crippen molar-refractivity contribution in [1.82, 2.24) is 9.80 Å². The van der Waals surface area contributed by atoms with Gasteiger partial charge in [-0.2, -0.15) is 0 Å². The third kappa shape index (κ3) is 4.38. The van der Waals surface area contributed by atoms with Gasteiger partial charge in [0.2, 0.25) is 5.91 Å². The van der Waals surface area contributed by atoms with Crippen molar-refractivity contribution in [3.63, 3.8) is 0 Å². The Morgan fingerprint density at radius 1 is 1.15 bits per heavy atom. The number of carbonyl (C=O) groups excluding carboxylic acids is 1. The largest absolute Gasteiger partial charge is 0.465 e. The van der Waals surface area contributed by atoms with Gasteiger partial charge in [0.15, 0.2) is 0 Å². The molecule has 1 aromatic carbocycles. The molecule has 2 amide bonds. The van der Waals surface area contributed by atoms with E-state index >= 15 is 0 Å². The maximum Gasteiger partial charge on any atom is 0.407 e. The molecule has 3 rings (SSSR count). The third-order valence-electron chi connectivity index (χ3n) is 6.15. The molecular weight excluding hydrogens is 368 g/mol. The van der Waals surface area contributed by atoms with Crippen LogP contribution in [-0.4, -0.2) is 64.8 Å². The minimum Gasteiger partial charge on any atom is -0.465 e. The molecule has 1 saturated heterocycles. The molecule has 7 heteroatoms. The minimum absolute atomic E-state index is 0.0208. The first-order valence-corrected chi connectivity index (χ1v) is 9.89. The molecule has 0 aromatic heterocycles. The van der Waals surface area contributed by atoms with E-state index in [0.29, 0.717) is 24.0 Å². The first-order chi connectivity index (χ1) is 12.9. The SMILES string of the molecule is CN(C(=O)O)[C@@H]1CN(C(=O)C2CCC(CO)CC2)C[C@H]1c1ccc(Cl)cc1. The molecule has 0 spiro atoms. The molecule has 0 radical (unpaired) electrons. The zero-order valence-electron chi connectivity index (χ0n) is 15.6. The normalized spacial score (nSPS) is 28.2. The van der Waals surface area contributed by atoms with Crippen LogP contribution >= 0.6 is 11.6 Å². The minimum atomic E-state index is -0.989. The highest BCUT2D eigenvalue weighted by Gasteiger charge is 2.42. The third-order valence-corrected chi connectivity index (χ3v) is 6.40. The van der Waals surface area contributed by atoms with Gasteiger partial charge in [-0.05, 0) is 49.3 Å². The summed E-state index contributed by atoms with van der Waals surface area (Å²) < 4.78 is 0. The Balaban J connectivity index is 1.75. The average Bonchev–Trinajstić information content (AvgIpc) is 3.12. The van der Waals surface area contributed by atoms with E-state index in [1.807, 2.05) is 17.0 Å². The van der Waals surface area contributed by atoms with Gasteiger partial charge < -0.3 is 20.0 Å². The van der Waals surface area contributed by atoms with E-state index in [1.165, 1.54) is 4.90 Å². The topological polar surface area (TPSA) is 81.1 Å². The second-order valence-corrected chi connectivity index (χ2v) is 8.20.